The van der Waals surface area contributed by atoms with Gasteiger partial charge in [-0.25, -0.2) is 0 Å². The molecule has 0 aromatic heterocycles. The topological polar surface area (TPSA) is 44.3 Å². The second kappa shape index (κ2) is 6.88. The van der Waals surface area contributed by atoms with E-state index in [9.17, 15) is 4.55 Å². The second-order valence-corrected chi connectivity index (χ2v) is 8.18. The molecule has 0 amide bonds. The summed E-state index contributed by atoms with van der Waals surface area (Å²) in [6.07, 6.45) is 2.02. The van der Waals surface area contributed by atoms with E-state index in [0.717, 1.165) is 16.2 Å². The van der Waals surface area contributed by atoms with Crippen LogP contribution in [0.4, 0.5) is 0 Å². The van der Waals surface area contributed by atoms with Crippen LogP contribution in [0.15, 0.2) is 23.1 Å². The highest BCUT2D eigenvalue weighted by Crippen LogP contribution is 2.30. The first-order valence-electron chi connectivity index (χ1n) is 6.19. The zero-order valence-corrected chi connectivity index (χ0v) is 14.1. The highest BCUT2D eigenvalue weighted by molar-refractivity contribution is 7.98. The summed E-state index contributed by atoms with van der Waals surface area (Å²) in [4.78, 5) is 1.11. The molecule has 0 radical (unpaired) electrons. The molecule has 108 valence electrons. The van der Waals surface area contributed by atoms with Gasteiger partial charge in [-0.2, -0.15) is 0 Å². The number of methoxy groups -OCH3 is 1. The molecule has 0 aliphatic rings. The summed E-state index contributed by atoms with van der Waals surface area (Å²) in [5.74, 6) is 0.861. The van der Waals surface area contributed by atoms with E-state index in [1.807, 2.05) is 52.1 Å². The molecule has 2 atom stereocenters. The number of hydrogen-bond acceptors (Lipinski definition) is 4. The summed E-state index contributed by atoms with van der Waals surface area (Å²) >= 11 is 0.574. The average Bonchev–Trinajstić information content (AvgIpc) is 2.36. The largest absolute Gasteiger partial charge is 0.598 e. The van der Waals surface area contributed by atoms with Crippen molar-refractivity contribution in [1.82, 2.24) is 4.72 Å². The second-order valence-electron chi connectivity index (χ2n) is 5.34. The van der Waals surface area contributed by atoms with Crippen LogP contribution in [0.3, 0.4) is 0 Å². The molecule has 0 heterocycles. The average molecular weight is 301 g/mol. The highest BCUT2D eigenvalue weighted by atomic mass is 32.2. The number of thioether (sulfide) groups is 1. The Bertz CT molecular complexity index is 418. The summed E-state index contributed by atoms with van der Waals surface area (Å²) in [7, 11) is 1.67. The lowest BCUT2D eigenvalue weighted by atomic mass is 10.1. The van der Waals surface area contributed by atoms with Crippen LogP contribution >= 0.6 is 11.8 Å². The molecular weight excluding hydrogens is 278 g/mol. The summed E-state index contributed by atoms with van der Waals surface area (Å²) < 4.78 is 20.3. The first-order chi connectivity index (χ1) is 8.79. The van der Waals surface area contributed by atoms with Gasteiger partial charge in [0.15, 0.2) is 0 Å². The number of nitrogens with one attached hydrogen (secondary N) is 1. The third-order valence-corrected chi connectivity index (χ3v) is 5.20. The van der Waals surface area contributed by atoms with Crippen LogP contribution in [0.5, 0.6) is 5.75 Å². The minimum atomic E-state index is -1.08. The lowest BCUT2D eigenvalue weighted by Gasteiger charge is -2.26. The lowest BCUT2D eigenvalue weighted by molar-refractivity contribution is 0.403. The maximum Gasteiger partial charge on any atom is 0.136 e. The molecule has 1 N–H and O–H groups in total. The van der Waals surface area contributed by atoms with Crippen LogP contribution in [-0.2, 0) is 11.4 Å². The van der Waals surface area contributed by atoms with Crippen molar-refractivity contribution in [3.8, 4) is 5.75 Å². The number of ether oxygens (including phenoxy) is 1. The maximum atomic E-state index is 12.1. The molecule has 5 heteroatoms. The van der Waals surface area contributed by atoms with E-state index < -0.39 is 11.4 Å². The molecule has 1 aromatic rings. The normalized spacial score (nSPS) is 15.1. The predicted molar refractivity (Wildman–Crippen MR) is 84.2 cm³/mol. The Morgan fingerprint density at radius 3 is 2.47 bits per heavy atom. The van der Waals surface area contributed by atoms with Crippen molar-refractivity contribution in [2.75, 3.05) is 13.4 Å². The molecule has 1 rings (SSSR count). The Balaban J connectivity index is 2.85. The third-order valence-electron chi connectivity index (χ3n) is 2.75. The van der Waals surface area contributed by atoms with Crippen LogP contribution in [0.1, 0.15) is 39.3 Å². The maximum absolute atomic E-state index is 12.1. The molecule has 0 unspecified atom stereocenters. The van der Waals surface area contributed by atoms with E-state index in [2.05, 4.69) is 4.72 Å². The van der Waals surface area contributed by atoms with Crippen molar-refractivity contribution >= 4 is 23.1 Å². The standard InChI is InChI=1S/C14H23NO2S2/c1-10(15-19(16)14(2,3)4)11-7-8-13(18-6)12(9-11)17-5/h7-10,15H,1-6H3/t10-,19-/m0/s1. The SMILES string of the molecule is COc1cc([C@H](C)N[S@@+]([O-])C(C)(C)C)ccc1SC. The Morgan fingerprint density at radius 2 is 2.00 bits per heavy atom. The van der Waals surface area contributed by atoms with Gasteiger partial charge in [-0.05, 0) is 51.6 Å². The molecule has 0 saturated carbocycles. The lowest BCUT2D eigenvalue weighted by Crippen LogP contribution is -2.40. The summed E-state index contributed by atoms with van der Waals surface area (Å²) in [6, 6.07) is 6.11. The van der Waals surface area contributed by atoms with Gasteiger partial charge in [-0.1, -0.05) is 6.07 Å². The van der Waals surface area contributed by atoms with Crippen LogP contribution < -0.4 is 9.46 Å². The van der Waals surface area contributed by atoms with Crippen LogP contribution in [-0.4, -0.2) is 22.7 Å². The van der Waals surface area contributed by atoms with E-state index in [4.69, 9.17) is 4.74 Å². The number of rotatable bonds is 5. The van der Waals surface area contributed by atoms with Gasteiger partial charge in [0, 0.05) is 16.3 Å². The Kier molecular flexibility index (Phi) is 6.05. The van der Waals surface area contributed by atoms with E-state index in [-0.39, 0.29) is 10.8 Å². The molecule has 19 heavy (non-hydrogen) atoms. The molecule has 0 fully saturated rings. The predicted octanol–water partition coefficient (Wildman–Crippen LogP) is 3.53. The molecule has 0 aliphatic carbocycles. The van der Waals surface area contributed by atoms with Gasteiger partial charge in [0.1, 0.15) is 10.5 Å². The number of benzene rings is 1. The van der Waals surface area contributed by atoms with Gasteiger partial charge in [0.05, 0.1) is 13.2 Å². The zero-order chi connectivity index (χ0) is 14.6. The summed E-state index contributed by atoms with van der Waals surface area (Å²) in [6.45, 7) is 7.89. The van der Waals surface area contributed by atoms with Crippen molar-refractivity contribution in [3.05, 3.63) is 23.8 Å². The third kappa shape index (κ3) is 4.60. The highest BCUT2D eigenvalue weighted by Gasteiger charge is 2.28. The van der Waals surface area contributed by atoms with Crippen molar-refractivity contribution in [2.45, 2.75) is 43.4 Å². The quantitative estimate of drug-likeness (QED) is 0.667. The van der Waals surface area contributed by atoms with Crippen molar-refractivity contribution in [1.29, 1.82) is 0 Å². The monoisotopic (exact) mass is 301 g/mol. The fourth-order valence-corrected chi connectivity index (χ4v) is 2.89. The van der Waals surface area contributed by atoms with Gasteiger partial charge in [0.2, 0.25) is 0 Å². The fraction of sp³-hybridized carbons (Fsp3) is 0.571. The van der Waals surface area contributed by atoms with Gasteiger partial charge in [-0.3, -0.25) is 0 Å². The minimum Gasteiger partial charge on any atom is -0.598 e. The van der Waals surface area contributed by atoms with Gasteiger partial charge < -0.3 is 9.29 Å². The van der Waals surface area contributed by atoms with E-state index >= 15 is 0 Å². The molecule has 1 aromatic carbocycles. The molecule has 0 aliphatic heterocycles. The molecule has 3 nitrogen and oxygen atoms in total. The smallest absolute Gasteiger partial charge is 0.136 e. The molecular formula is C14H23NO2S2. The first-order valence-corrected chi connectivity index (χ1v) is 8.57. The van der Waals surface area contributed by atoms with Crippen LogP contribution in [0, 0.1) is 0 Å². The van der Waals surface area contributed by atoms with Gasteiger partial charge in [0.25, 0.3) is 0 Å². The van der Waals surface area contributed by atoms with Gasteiger partial charge >= 0.3 is 0 Å². The van der Waals surface area contributed by atoms with Crippen molar-refractivity contribution in [3.63, 3.8) is 0 Å². The molecule has 0 bridgehead atoms. The number of hydrogen-bond donors (Lipinski definition) is 1. The van der Waals surface area contributed by atoms with Crippen LogP contribution in [0.2, 0.25) is 0 Å². The van der Waals surface area contributed by atoms with Crippen LogP contribution in [0.25, 0.3) is 0 Å². The van der Waals surface area contributed by atoms with E-state index in [1.165, 1.54) is 0 Å². The van der Waals surface area contributed by atoms with Crippen molar-refractivity contribution in [2.24, 2.45) is 0 Å². The molecule has 0 spiro atoms. The first kappa shape index (κ1) is 16.7. The van der Waals surface area contributed by atoms with E-state index in [1.54, 1.807) is 18.9 Å². The molecule has 0 saturated heterocycles. The Labute approximate surface area is 123 Å². The Hall–Kier alpha value is -0.360. The van der Waals surface area contributed by atoms with Crippen molar-refractivity contribution < 1.29 is 9.29 Å². The Morgan fingerprint density at radius 1 is 1.37 bits per heavy atom. The summed E-state index contributed by atoms with van der Waals surface area (Å²) in [5.41, 5.74) is 1.08. The minimum absolute atomic E-state index is 0.0184. The van der Waals surface area contributed by atoms with E-state index in [0.29, 0.717) is 0 Å². The fourth-order valence-electron chi connectivity index (χ4n) is 1.53. The summed E-state index contributed by atoms with van der Waals surface area (Å²) in [5, 5.41) is 0. The van der Waals surface area contributed by atoms with Gasteiger partial charge in [-0.15, -0.1) is 16.5 Å². The zero-order valence-electron chi connectivity index (χ0n) is 12.4.